The highest BCUT2D eigenvalue weighted by Crippen LogP contribution is 2.28. The summed E-state index contributed by atoms with van der Waals surface area (Å²) in [4.78, 5) is 11.0. The van der Waals surface area contributed by atoms with Crippen molar-refractivity contribution >= 4 is 17.1 Å². The number of carbonyl (C=O) groups is 1. The average molecular weight is 409 g/mol. The molecule has 0 amide bonds. The molecule has 29 heavy (non-hydrogen) atoms. The maximum Gasteiger partial charge on any atom is 0.335 e. The van der Waals surface area contributed by atoms with Crippen LogP contribution in [0.4, 0.5) is 0 Å². The van der Waals surface area contributed by atoms with Gasteiger partial charge in [-0.2, -0.15) is 0 Å². The summed E-state index contributed by atoms with van der Waals surface area (Å²) in [7, 11) is 0. The summed E-state index contributed by atoms with van der Waals surface area (Å²) in [6.07, 6.45) is 3.40. The van der Waals surface area contributed by atoms with Crippen LogP contribution in [0.2, 0.25) is 0 Å². The molecule has 4 nitrogen and oxygen atoms in total. The smallest absolute Gasteiger partial charge is 0.335 e. The van der Waals surface area contributed by atoms with Crippen molar-refractivity contribution in [3.8, 4) is 5.75 Å². The second kappa shape index (κ2) is 10.1. The van der Waals surface area contributed by atoms with Crippen LogP contribution in [-0.4, -0.2) is 21.9 Å². The van der Waals surface area contributed by atoms with Crippen molar-refractivity contribution in [3.63, 3.8) is 0 Å². The number of hydrogen-bond acceptors (Lipinski definition) is 3. The highest BCUT2D eigenvalue weighted by Gasteiger charge is 2.14. The van der Waals surface area contributed by atoms with Crippen LogP contribution in [0.5, 0.6) is 5.75 Å². The van der Waals surface area contributed by atoms with Crippen LogP contribution >= 0.6 is 0 Å². The Hall–Kier alpha value is -2.76. The first-order valence-electron chi connectivity index (χ1n) is 9.42. The topological polar surface area (TPSA) is 69.6 Å². The van der Waals surface area contributed by atoms with Crippen LogP contribution in [0, 0.1) is 0 Å². The maximum absolute atomic E-state index is 11.8. The lowest BCUT2D eigenvalue weighted by Gasteiger charge is -2.17. The molecule has 150 valence electrons. The van der Waals surface area contributed by atoms with Crippen LogP contribution in [-0.2, 0) is 36.4 Å². The fraction of sp³-hybridized carbons (Fsp3) is 0.208. The Morgan fingerprint density at radius 1 is 0.897 bits per heavy atom. The Kier molecular flexibility index (Phi) is 7.33. The maximum atomic E-state index is 11.8. The Bertz CT molecular complexity index is 937. The third kappa shape index (κ3) is 6.11. The summed E-state index contributed by atoms with van der Waals surface area (Å²) in [5.41, 5.74) is 4.40. The molecule has 0 heterocycles. The SMILES string of the molecule is C[S+]([O-])Cc1cccc(CCc2ccccc2)c1OCc1ccc(C(=O)O)cc1. The molecule has 3 rings (SSSR count). The van der Waals surface area contributed by atoms with Gasteiger partial charge in [-0.25, -0.2) is 4.79 Å². The molecule has 3 aromatic carbocycles. The zero-order valence-corrected chi connectivity index (χ0v) is 17.2. The molecular formula is C24H24O4S. The summed E-state index contributed by atoms with van der Waals surface area (Å²) in [5, 5.41) is 9.03. The van der Waals surface area contributed by atoms with Crippen LogP contribution in [0.15, 0.2) is 72.8 Å². The van der Waals surface area contributed by atoms with Gasteiger partial charge >= 0.3 is 5.97 Å². The van der Waals surface area contributed by atoms with Gasteiger partial charge in [-0.15, -0.1) is 0 Å². The predicted octanol–water partition coefficient (Wildman–Crippen LogP) is 4.63. The van der Waals surface area contributed by atoms with Gasteiger partial charge in [-0.1, -0.05) is 71.8 Å². The molecule has 0 saturated carbocycles. The molecule has 0 saturated heterocycles. The molecule has 0 bridgehead atoms. The first-order valence-corrected chi connectivity index (χ1v) is 11.2. The fourth-order valence-corrected chi connectivity index (χ4v) is 3.84. The number of rotatable bonds is 9. The highest BCUT2D eigenvalue weighted by molar-refractivity contribution is 7.89. The number of para-hydroxylation sites is 1. The van der Waals surface area contributed by atoms with E-state index in [1.54, 1.807) is 30.5 Å². The van der Waals surface area contributed by atoms with E-state index in [1.165, 1.54) is 5.56 Å². The lowest BCUT2D eigenvalue weighted by atomic mass is 10.0. The lowest BCUT2D eigenvalue weighted by molar-refractivity contribution is 0.0697. The van der Waals surface area contributed by atoms with Gasteiger partial charge in [0.05, 0.1) is 11.8 Å². The average Bonchev–Trinajstić information content (AvgIpc) is 2.72. The number of ether oxygens (including phenoxy) is 1. The van der Waals surface area contributed by atoms with Crippen LogP contribution in [0.1, 0.15) is 32.6 Å². The Labute approximate surface area is 174 Å². The standard InChI is InChI=1S/C24H24O4S/c1-29(27)17-22-9-5-8-20(13-10-18-6-3-2-4-7-18)23(22)28-16-19-11-14-21(15-12-19)24(25)26/h2-9,11-12,14-15H,10,13,16-17H2,1H3,(H,25,26). The zero-order chi connectivity index (χ0) is 20.6. The minimum atomic E-state index is -0.977. The van der Waals surface area contributed by atoms with Crippen molar-refractivity contribution in [1.29, 1.82) is 0 Å². The predicted molar refractivity (Wildman–Crippen MR) is 116 cm³/mol. The Morgan fingerprint density at radius 2 is 1.59 bits per heavy atom. The van der Waals surface area contributed by atoms with Gasteiger partial charge < -0.3 is 14.4 Å². The molecule has 0 fully saturated rings. The van der Waals surface area contributed by atoms with Crippen molar-refractivity contribution < 1.29 is 19.2 Å². The van der Waals surface area contributed by atoms with E-state index in [9.17, 15) is 9.35 Å². The van der Waals surface area contributed by atoms with E-state index in [-0.39, 0.29) is 5.56 Å². The second-order valence-electron chi connectivity index (χ2n) is 6.90. The number of hydrogen-bond donors (Lipinski definition) is 1. The summed E-state index contributed by atoms with van der Waals surface area (Å²) >= 11 is -0.977. The molecule has 0 aliphatic rings. The molecular weight excluding hydrogens is 384 g/mol. The molecule has 0 spiro atoms. The molecule has 0 radical (unpaired) electrons. The molecule has 3 aromatic rings. The van der Waals surface area contributed by atoms with E-state index in [1.807, 2.05) is 36.4 Å². The van der Waals surface area contributed by atoms with Crippen molar-refractivity contribution in [1.82, 2.24) is 0 Å². The molecule has 0 aliphatic heterocycles. The molecule has 5 heteroatoms. The van der Waals surface area contributed by atoms with Crippen molar-refractivity contribution in [2.24, 2.45) is 0 Å². The zero-order valence-electron chi connectivity index (χ0n) is 16.3. The van der Waals surface area contributed by atoms with E-state index in [0.29, 0.717) is 12.4 Å². The summed E-state index contributed by atoms with van der Waals surface area (Å²) < 4.78 is 18.0. The first kappa shape index (κ1) is 21.0. The van der Waals surface area contributed by atoms with Gasteiger partial charge in [0.1, 0.15) is 18.1 Å². The van der Waals surface area contributed by atoms with Crippen LogP contribution in [0.3, 0.4) is 0 Å². The largest absolute Gasteiger partial charge is 0.616 e. The van der Waals surface area contributed by atoms with Crippen LogP contribution in [0.25, 0.3) is 0 Å². The molecule has 1 unspecified atom stereocenters. The van der Waals surface area contributed by atoms with Gasteiger partial charge in [0, 0.05) is 5.56 Å². The molecule has 0 aromatic heterocycles. The van der Waals surface area contributed by atoms with Crippen molar-refractivity contribution in [3.05, 3.63) is 101 Å². The Morgan fingerprint density at radius 3 is 2.24 bits per heavy atom. The number of carboxylic acid groups (broad SMARTS) is 1. The fourth-order valence-electron chi connectivity index (χ4n) is 3.18. The van der Waals surface area contributed by atoms with Gasteiger partial charge in [0.15, 0.2) is 0 Å². The van der Waals surface area contributed by atoms with Gasteiger partial charge in [-0.3, -0.25) is 0 Å². The van der Waals surface area contributed by atoms with E-state index >= 15 is 0 Å². The van der Waals surface area contributed by atoms with E-state index < -0.39 is 17.1 Å². The summed E-state index contributed by atoms with van der Waals surface area (Å²) in [5.74, 6) is 0.268. The van der Waals surface area contributed by atoms with Crippen LogP contribution < -0.4 is 4.74 Å². The van der Waals surface area contributed by atoms with E-state index in [0.717, 1.165) is 35.3 Å². The number of carboxylic acids is 1. The normalized spacial score (nSPS) is 11.8. The number of aromatic carboxylic acids is 1. The highest BCUT2D eigenvalue weighted by atomic mass is 32.2. The van der Waals surface area contributed by atoms with E-state index in [4.69, 9.17) is 9.84 Å². The summed E-state index contributed by atoms with van der Waals surface area (Å²) in [6.45, 7) is 0.325. The number of benzene rings is 3. The monoisotopic (exact) mass is 408 g/mol. The number of aryl methyl sites for hydroxylation is 2. The third-order valence-corrected chi connectivity index (χ3v) is 5.36. The minimum Gasteiger partial charge on any atom is -0.616 e. The Balaban J connectivity index is 1.78. The van der Waals surface area contributed by atoms with E-state index in [2.05, 4.69) is 12.1 Å². The van der Waals surface area contributed by atoms with Crippen molar-refractivity contribution in [2.75, 3.05) is 6.26 Å². The quantitative estimate of drug-likeness (QED) is 0.524. The second-order valence-corrected chi connectivity index (χ2v) is 8.33. The molecule has 1 N–H and O–H groups in total. The first-order chi connectivity index (χ1) is 14.0. The van der Waals surface area contributed by atoms with Gasteiger partial charge in [-0.05, 0) is 41.7 Å². The molecule has 0 aliphatic carbocycles. The summed E-state index contributed by atoms with van der Waals surface area (Å²) in [6, 6.07) is 22.9. The van der Waals surface area contributed by atoms with Gasteiger partial charge in [0.25, 0.3) is 0 Å². The third-order valence-electron chi connectivity index (χ3n) is 4.65. The van der Waals surface area contributed by atoms with Crippen molar-refractivity contribution in [2.45, 2.75) is 25.2 Å². The molecule has 1 atom stereocenters. The minimum absolute atomic E-state index is 0.249. The lowest BCUT2D eigenvalue weighted by Crippen LogP contribution is -2.07. The van der Waals surface area contributed by atoms with Gasteiger partial charge in [0.2, 0.25) is 0 Å².